The largest absolute Gasteiger partial charge is 0.0552 e. The lowest BCUT2D eigenvalue weighted by atomic mass is 8.24. The lowest BCUT2D eigenvalue weighted by molar-refractivity contribution is 3.18. The van der Waals surface area contributed by atoms with Crippen molar-refractivity contribution in [3.8, 4) is 0 Å². The molecular weight excluding hydrogens is 876 g/mol. The van der Waals surface area contributed by atoms with Crippen LogP contribution in [0.5, 0.6) is 0 Å². The zero-order valence-corrected chi connectivity index (χ0v) is 64.2. The summed E-state index contributed by atoms with van der Waals surface area (Å²) < 4.78 is 0. The summed E-state index contributed by atoms with van der Waals surface area (Å²) in [5, 5.41) is 0. The predicted octanol–water partition coefficient (Wildman–Crippen LogP) is -53.1. The van der Waals surface area contributed by atoms with Gasteiger partial charge in [0, 0.05) is 256 Å². The third-order valence-electron chi connectivity index (χ3n) is 24.1. The second-order valence-electron chi connectivity index (χ2n) is 36.5. The van der Waals surface area contributed by atoms with E-state index in [1.54, 1.807) is 0 Å². The second kappa shape index (κ2) is 39.8. The van der Waals surface area contributed by atoms with E-state index >= 15 is 0 Å². The summed E-state index contributed by atoms with van der Waals surface area (Å²) in [5.41, 5.74) is 0. The van der Waals surface area contributed by atoms with Crippen LogP contribution >= 0.6 is 0 Å². The highest BCUT2D eigenvalue weighted by atomic mass is 13.4. The van der Waals surface area contributed by atoms with Crippen LogP contribution in [0.3, 0.4) is 0 Å². The van der Waals surface area contributed by atoms with Crippen molar-refractivity contribution >= 4 is 573 Å². The minimum atomic E-state index is 0.554. The topological polar surface area (TPSA) is 0 Å². The first-order chi connectivity index (χ1) is 36.8. The van der Waals surface area contributed by atoms with Crippen LogP contribution in [-0.2, 0) is 0 Å². The molecule has 0 saturated heterocycles. The molecule has 0 amide bonds. The van der Waals surface area contributed by atoms with Gasteiger partial charge in [-0.15, -0.1) is 0 Å². The van der Waals surface area contributed by atoms with Crippen LogP contribution in [0.25, 0.3) is 0 Å². The average molecular weight is 959 g/mol. The highest BCUT2D eigenvalue weighted by molar-refractivity contribution is 8.38. The van der Waals surface area contributed by atoms with E-state index in [4.69, 9.17) is 0 Å². The first kappa shape index (κ1) is 86.3. The van der Waals surface area contributed by atoms with Gasteiger partial charge < -0.3 is 0 Å². The molecule has 0 nitrogen and oxygen atoms in total. The van der Waals surface area contributed by atoms with Gasteiger partial charge in [-0.2, -0.15) is 0 Å². The molecule has 0 unspecified atom stereocenters. The standard InChI is InChI=1S/B81H83/c1-43(2)63(41)75(62(39)40)78(70(52(19)20)53(21)22)65(79(80(71(54(23)24)55(25)26)72(56(27)28)57(29)30)81(73(58(31)32)59(33)34)74(60(35)36)61(37)38)42-64(76(66(44(3)4)45(5)6)67(46(7)8)47(9)10)77(68(48(11)12)49(13)14)69(50(15)16)51(17)18/h42H,1-41H2. The summed E-state index contributed by atoms with van der Waals surface area (Å²) in [5.74, 6) is 0. The fourth-order valence-electron chi connectivity index (χ4n) is 23.1. The van der Waals surface area contributed by atoms with E-state index in [0.29, 0.717) is 249 Å². The van der Waals surface area contributed by atoms with Gasteiger partial charge in [0.25, 0.3) is 0 Å². The maximum atomic E-state index is 2.78. The normalized spacial score (nSPS) is 9.78. The van der Waals surface area contributed by atoms with E-state index in [1.165, 1.54) is 7.06 Å². The quantitative estimate of drug-likeness (QED) is 0.0539. The molecule has 0 N–H and O–H groups in total. The van der Waals surface area contributed by atoms with Crippen molar-refractivity contribution < 1.29 is 0 Å². The molecule has 0 heterocycles. The number of hydrogen-bond donors (Lipinski definition) is 0. The van der Waals surface area contributed by atoms with Crippen LogP contribution in [0.2, 0.25) is 0 Å². The summed E-state index contributed by atoms with van der Waals surface area (Å²) in [6, 6.07) is 0. The fourth-order valence-corrected chi connectivity index (χ4v) is 23.1. The van der Waals surface area contributed by atoms with Crippen LogP contribution in [0, 0.1) is 0 Å². The average Bonchev–Trinajstić information content (AvgIpc) is 3.24. The SMILES string of the molecule is BB(B)B(B)B(B(B)B)B(B(BB(B(B(B(B)B)B(B)B)B(B(B)B)B(B)B)B(B(B(B)B)B(B)B)B(B(B)B)B(B)B)B(B(B(B(B)B)B(B)B)B(B(B)B)B(B)B)B(B(B(B)B)B(B)B)B(B(B)B)B(B)B)B(B(B)B)B(B)B. The van der Waals surface area contributed by atoms with E-state index in [1.807, 2.05) is 0 Å². The summed E-state index contributed by atoms with van der Waals surface area (Å²) in [7, 11) is 112. The summed E-state index contributed by atoms with van der Waals surface area (Å²) >= 11 is 0. The van der Waals surface area contributed by atoms with Crippen LogP contribution in [0.15, 0.2) is 0 Å². The molecule has 0 fully saturated rings. The second-order valence-corrected chi connectivity index (χ2v) is 36.5. The minimum absolute atomic E-state index is 0.554. The van der Waals surface area contributed by atoms with Crippen molar-refractivity contribution in [1.82, 2.24) is 0 Å². The van der Waals surface area contributed by atoms with Crippen molar-refractivity contribution in [2.75, 3.05) is 0 Å². The number of hydrogen-bond acceptors (Lipinski definition) is 0. The van der Waals surface area contributed by atoms with Crippen LogP contribution < -0.4 is 0 Å². The molecule has 0 spiro atoms. The fraction of sp³-hybridized carbons (Fsp3) is 0. The van der Waals surface area contributed by atoms with Crippen LogP contribution in [0.4, 0.5) is 0 Å². The third kappa shape index (κ3) is 23.9. The van der Waals surface area contributed by atoms with Gasteiger partial charge in [-0.1, -0.05) is 0 Å². The van der Waals surface area contributed by atoms with E-state index < -0.39 is 0 Å². The van der Waals surface area contributed by atoms with Crippen molar-refractivity contribution in [2.24, 2.45) is 0 Å². The van der Waals surface area contributed by atoms with Gasteiger partial charge >= 0.3 is 0 Å². The van der Waals surface area contributed by atoms with E-state index in [2.05, 4.69) is 317 Å². The van der Waals surface area contributed by atoms with Crippen molar-refractivity contribution in [3.05, 3.63) is 0 Å². The van der Waals surface area contributed by atoms with Gasteiger partial charge in [-0.3, -0.25) is 0 Å². The minimum Gasteiger partial charge on any atom is 0.000235 e. The lowest BCUT2D eigenvalue weighted by Crippen LogP contribution is -2.96. The Balaban J connectivity index is 12.1. The first-order valence-electron chi connectivity index (χ1n) is 36.8. The Labute approximate surface area is 567 Å². The van der Waals surface area contributed by atoms with E-state index in [-0.39, 0.29) is 0 Å². The third-order valence-corrected chi connectivity index (χ3v) is 24.1. The Morgan fingerprint density at radius 3 is 0.346 bits per heavy atom. The molecule has 0 aliphatic rings. The lowest BCUT2D eigenvalue weighted by Gasteiger charge is -2.57. The van der Waals surface area contributed by atoms with Crippen molar-refractivity contribution in [2.45, 2.75) is 0 Å². The molecule has 81 heteroatoms. The Kier molecular flexibility index (Phi) is 42.4. The van der Waals surface area contributed by atoms with Gasteiger partial charge in [-0.05, 0) is 0 Å². The molecule has 0 saturated carbocycles. The highest BCUT2D eigenvalue weighted by Gasteiger charge is 2.63. The maximum Gasteiger partial charge on any atom is 0.0552 e. The molecule has 0 aromatic rings. The van der Waals surface area contributed by atoms with Gasteiger partial charge in [0.2, 0.25) is 0 Å². The Hall–Kier alpha value is 5.26. The Bertz CT molecular complexity index is 1340. The van der Waals surface area contributed by atoms with Crippen molar-refractivity contribution in [1.29, 1.82) is 0 Å². The van der Waals surface area contributed by atoms with Crippen LogP contribution in [-0.4, -0.2) is 573 Å². The predicted molar refractivity (Wildman–Crippen MR) is 582 cm³/mol. The number of rotatable bonds is 39. The molecule has 0 bridgehead atoms. The molecule has 81 heavy (non-hydrogen) atoms. The molecule has 0 radical (unpaired) electrons. The van der Waals surface area contributed by atoms with E-state index in [9.17, 15) is 0 Å². The first-order valence-corrected chi connectivity index (χ1v) is 36.8. The van der Waals surface area contributed by atoms with Crippen LogP contribution in [0.1, 0.15) is 0 Å². The smallest absolute Gasteiger partial charge is 0.000235 e. The molecule has 0 aromatic heterocycles. The Morgan fingerprint density at radius 1 is 0.111 bits per heavy atom. The van der Waals surface area contributed by atoms with Gasteiger partial charge in [0.15, 0.2) is 0 Å². The maximum absolute atomic E-state index is 2.78. The molecule has 0 aliphatic heterocycles. The summed E-state index contributed by atoms with van der Waals surface area (Å²) in [6.45, 7) is 0. The van der Waals surface area contributed by atoms with Gasteiger partial charge in [0.05, 0.1) is 317 Å². The zero-order valence-electron chi connectivity index (χ0n) is 64.2. The van der Waals surface area contributed by atoms with Gasteiger partial charge in [0.1, 0.15) is 0 Å². The Morgan fingerprint density at radius 2 is 0.222 bits per heavy atom. The van der Waals surface area contributed by atoms with Crippen molar-refractivity contribution in [3.63, 3.8) is 0 Å². The molecule has 326 valence electrons. The molecule has 0 atom stereocenters. The molecule has 0 aliphatic carbocycles. The highest BCUT2D eigenvalue weighted by Crippen LogP contribution is 2.24. The molecular formula is H83B81. The summed E-state index contributed by atoms with van der Waals surface area (Å²) in [6.07, 6.45) is 23.5. The monoisotopic (exact) mass is 975 g/mol. The zero-order chi connectivity index (χ0) is 64.2. The summed E-state index contributed by atoms with van der Waals surface area (Å²) in [4.78, 5) is 0. The molecule has 0 aromatic carbocycles. The molecule has 0 rings (SSSR count). The van der Waals surface area contributed by atoms with E-state index in [0.717, 1.165) is 0 Å². The van der Waals surface area contributed by atoms with Gasteiger partial charge in [-0.25, -0.2) is 0 Å².